The molecule has 100 valence electrons. The summed E-state index contributed by atoms with van der Waals surface area (Å²) >= 11 is 1.80. The standard InChI is InChI=1S/C13H21N3OS/c1-4-6-14-12-8-13(16-10(3)15-12)18-11-5-7-17-9(11)2/h8-9,11H,4-7H2,1-3H3,(H,14,15,16). The van der Waals surface area contributed by atoms with E-state index in [1.807, 2.05) is 13.0 Å². The van der Waals surface area contributed by atoms with Gasteiger partial charge in [0.25, 0.3) is 0 Å². The summed E-state index contributed by atoms with van der Waals surface area (Å²) in [6, 6.07) is 2.04. The molecular formula is C13H21N3OS. The van der Waals surface area contributed by atoms with Crippen LogP contribution in [-0.2, 0) is 4.74 Å². The molecule has 1 aromatic rings. The monoisotopic (exact) mass is 267 g/mol. The minimum absolute atomic E-state index is 0.317. The Hall–Kier alpha value is -0.810. The van der Waals surface area contributed by atoms with E-state index in [4.69, 9.17) is 4.74 Å². The van der Waals surface area contributed by atoms with Crippen molar-refractivity contribution in [3.05, 3.63) is 11.9 Å². The summed E-state index contributed by atoms with van der Waals surface area (Å²) in [6.45, 7) is 8.03. The van der Waals surface area contributed by atoms with Crippen LogP contribution in [0.3, 0.4) is 0 Å². The quantitative estimate of drug-likeness (QED) is 0.831. The fraction of sp³-hybridized carbons (Fsp3) is 0.692. The lowest BCUT2D eigenvalue weighted by Crippen LogP contribution is -2.13. The smallest absolute Gasteiger partial charge is 0.130 e. The maximum Gasteiger partial charge on any atom is 0.130 e. The largest absolute Gasteiger partial charge is 0.377 e. The fourth-order valence-electron chi connectivity index (χ4n) is 1.97. The molecule has 5 heteroatoms. The van der Waals surface area contributed by atoms with Crippen LogP contribution >= 0.6 is 11.8 Å². The molecule has 18 heavy (non-hydrogen) atoms. The highest BCUT2D eigenvalue weighted by Crippen LogP contribution is 2.32. The molecule has 4 nitrogen and oxygen atoms in total. The molecule has 1 aliphatic rings. The Labute approximate surface area is 113 Å². The molecule has 0 spiro atoms. The van der Waals surface area contributed by atoms with Gasteiger partial charge < -0.3 is 10.1 Å². The lowest BCUT2D eigenvalue weighted by atomic mass is 10.3. The zero-order valence-corrected chi connectivity index (χ0v) is 12.1. The number of hydrogen-bond donors (Lipinski definition) is 1. The number of nitrogens with one attached hydrogen (secondary N) is 1. The summed E-state index contributed by atoms with van der Waals surface area (Å²) < 4.78 is 5.58. The summed E-state index contributed by atoms with van der Waals surface area (Å²) in [7, 11) is 0. The summed E-state index contributed by atoms with van der Waals surface area (Å²) in [5, 5.41) is 4.87. The van der Waals surface area contributed by atoms with Crippen molar-refractivity contribution in [1.82, 2.24) is 9.97 Å². The summed E-state index contributed by atoms with van der Waals surface area (Å²) in [5.74, 6) is 1.75. The van der Waals surface area contributed by atoms with E-state index >= 15 is 0 Å². The van der Waals surface area contributed by atoms with Crippen LogP contribution in [0.4, 0.5) is 5.82 Å². The van der Waals surface area contributed by atoms with Gasteiger partial charge in [0, 0.05) is 24.5 Å². The van der Waals surface area contributed by atoms with Crippen molar-refractivity contribution < 1.29 is 4.74 Å². The predicted octanol–water partition coefficient (Wildman–Crippen LogP) is 2.88. The number of aryl methyl sites for hydroxylation is 1. The molecule has 0 saturated carbocycles. The lowest BCUT2D eigenvalue weighted by molar-refractivity contribution is 0.127. The van der Waals surface area contributed by atoms with Gasteiger partial charge in [-0.25, -0.2) is 9.97 Å². The Morgan fingerprint density at radius 2 is 2.33 bits per heavy atom. The Bertz CT molecular complexity index is 400. The van der Waals surface area contributed by atoms with Crippen molar-refractivity contribution >= 4 is 17.6 Å². The van der Waals surface area contributed by atoms with Crippen LogP contribution in [0.15, 0.2) is 11.1 Å². The van der Waals surface area contributed by atoms with E-state index < -0.39 is 0 Å². The number of aromatic nitrogens is 2. The van der Waals surface area contributed by atoms with E-state index in [-0.39, 0.29) is 0 Å². The molecule has 2 rings (SSSR count). The van der Waals surface area contributed by atoms with Gasteiger partial charge in [-0.3, -0.25) is 0 Å². The number of nitrogens with zero attached hydrogens (tertiary/aromatic N) is 2. The van der Waals surface area contributed by atoms with E-state index in [2.05, 4.69) is 29.1 Å². The zero-order chi connectivity index (χ0) is 13.0. The van der Waals surface area contributed by atoms with Crippen LogP contribution < -0.4 is 5.32 Å². The van der Waals surface area contributed by atoms with E-state index in [1.54, 1.807) is 11.8 Å². The highest BCUT2D eigenvalue weighted by Gasteiger charge is 2.25. The van der Waals surface area contributed by atoms with Crippen LogP contribution in [0.2, 0.25) is 0 Å². The van der Waals surface area contributed by atoms with Crippen molar-refractivity contribution in [2.24, 2.45) is 0 Å². The molecule has 0 aliphatic carbocycles. The van der Waals surface area contributed by atoms with Crippen molar-refractivity contribution in [2.45, 2.75) is 50.0 Å². The Kier molecular flexibility index (Phi) is 4.83. The molecule has 2 atom stereocenters. The maximum absolute atomic E-state index is 5.58. The average molecular weight is 267 g/mol. The van der Waals surface area contributed by atoms with Gasteiger partial charge in [-0.2, -0.15) is 0 Å². The van der Waals surface area contributed by atoms with Gasteiger partial charge in [0.2, 0.25) is 0 Å². The number of thioether (sulfide) groups is 1. The molecule has 0 aromatic carbocycles. The van der Waals surface area contributed by atoms with Gasteiger partial charge in [0.15, 0.2) is 0 Å². The molecule has 1 saturated heterocycles. The van der Waals surface area contributed by atoms with Gasteiger partial charge in [0.1, 0.15) is 16.7 Å². The normalized spacial score (nSPS) is 23.3. The molecule has 1 fully saturated rings. The third-order valence-electron chi connectivity index (χ3n) is 2.95. The third-order valence-corrected chi connectivity index (χ3v) is 4.32. The molecule has 0 radical (unpaired) electrons. The maximum atomic E-state index is 5.58. The number of anilines is 1. The van der Waals surface area contributed by atoms with Crippen molar-refractivity contribution in [2.75, 3.05) is 18.5 Å². The second-order valence-corrected chi connectivity index (χ2v) is 5.85. The van der Waals surface area contributed by atoms with E-state index in [1.165, 1.54) is 0 Å². The van der Waals surface area contributed by atoms with Crippen LogP contribution in [0.1, 0.15) is 32.5 Å². The van der Waals surface area contributed by atoms with E-state index in [9.17, 15) is 0 Å². The van der Waals surface area contributed by atoms with Gasteiger partial charge in [-0.1, -0.05) is 6.92 Å². The second-order valence-electron chi connectivity index (χ2n) is 4.59. The van der Waals surface area contributed by atoms with Crippen molar-refractivity contribution in [3.8, 4) is 0 Å². The molecule has 1 aliphatic heterocycles. The van der Waals surface area contributed by atoms with Crippen LogP contribution in [-0.4, -0.2) is 34.5 Å². The Morgan fingerprint density at radius 1 is 1.50 bits per heavy atom. The Morgan fingerprint density at radius 3 is 3.00 bits per heavy atom. The first-order valence-electron chi connectivity index (χ1n) is 6.57. The van der Waals surface area contributed by atoms with Crippen LogP contribution in [0.25, 0.3) is 0 Å². The summed E-state index contributed by atoms with van der Waals surface area (Å²) in [6.07, 6.45) is 2.52. The minimum Gasteiger partial charge on any atom is -0.377 e. The number of ether oxygens (including phenoxy) is 1. The summed E-state index contributed by atoms with van der Waals surface area (Å²) in [5.41, 5.74) is 0. The van der Waals surface area contributed by atoms with Crippen LogP contribution in [0, 0.1) is 6.92 Å². The van der Waals surface area contributed by atoms with Gasteiger partial charge in [-0.15, -0.1) is 11.8 Å². The van der Waals surface area contributed by atoms with E-state index in [0.717, 1.165) is 42.7 Å². The molecule has 2 unspecified atom stereocenters. The van der Waals surface area contributed by atoms with Gasteiger partial charge in [-0.05, 0) is 26.7 Å². The Balaban J connectivity index is 2.05. The van der Waals surface area contributed by atoms with E-state index in [0.29, 0.717) is 11.4 Å². The number of hydrogen-bond acceptors (Lipinski definition) is 5. The number of rotatable bonds is 5. The van der Waals surface area contributed by atoms with Crippen LogP contribution in [0.5, 0.6) is 0 Å². The predicted molar refractivity (Wildman–Crippen MR) is 75.2 cm³/mol. The highest BCUT2D eigenvalue weighted by molar-refractivity contribution is 7.99. The third kappa shape index (κ3) is 3.59. The first-order chi connectivity index (χ1) is 8.69. The molecule has 0 bridgehead atoms. The molecule has 1 aromatic heterocycles. The van der Waals surface area contributed by atoms with Gasteiger partial charge >= 0.3 is 0 Å². The minimum atomic E-state index is 0.317. The first-order valence-corrected chi connectivity index (χ1v) is 7.45. The second kappa shape index (κ2) is 6.38. The SMILES string of the molecule is CCCNc1cc(SC2CCOC2C)nc(C)n1. The van der Waals surface area contributed by atoms with Crippen molar-refractivity contribution in [3.63, 3.8) is 0 Å². The molecular weight excluding hydrogens is 246 g/mol. The first kappa shape index (κ1) is 13.6. The fourth-order valence-corrected chi connectivity index (χ4v) is 3.13. The molecule has 2 heterocycles. The zero-order valence-electron chi connectivity index (χ0n) is 11.3. The topological polar surface area (TPSA) is 47.0 Å². The van der Waals surface area contributed by atoms with Gasteiger partial charge in [0.05, 0.1) is 6.10 Å². The lowest BCUT2D eigenvalue weighted by Gasteiger charge is -2.14. The molecule has 1 N–H and O–H groups in total. The van der Waals surface area contributed by atoms with Crippen molar-refractivity contribution in [1.29, 1.82) is 0 Å². The highest BCUT2D eigenvalue weighted by atomic mass is 32.2. The average Bonchev–Trinajstić information content (AvgIpc) is 2.72. The molecule has 0 amide bonds. The summed E-state index contributed by atoms with van der Waals surface area (Å²) in [4.78, 5) is 8.89.